The van der Waals surface area contributed by atoms with E-state index in [0.717, 1.165) is 12.8 Å². The van der Waals surface area contributed by atoms with Gasteiger partial charge >= 0.3 is 5.97 Å². The fourth-order valence-corrected chi connectivity index (χ4v) is 2.02. The fourth-order valence-electron chi connectivity index (χ4n) is 2.02. The van der Waals surface area contributed by atoms with Gasteiger partial charge in [0.15, 0.2) is 0 Å². The Bertz CT molecular complexity index is 231. The van der Waals surface area contributed by atoms with Crippen LogP contribution in [0.2, 0.25) is 0 Å². The zero-order chi connectivity index (χ0) is 12.7. The molecule has 0 saturated heterocycles. The molecule has 0 unspecified atom stereocenters. The lowest BCUT2D eigenvalue weighted by atomic mass is 9.67. The van der Waals surface area contributed by atoms with Crippen LogP contribution in [0.1, 0.15) is 39.5 Å². The van der Waals surface area contributed by atoms with Crippen LogP contribution in [-0.2, 0) is 14.3 Å². The van der Waals surface area contributed by atoms with E-state index >= 15 is 0 Å². The molecule has 0 aromatic heterocycles. The molecular weight excluding hydrogens is 218 g/mol. The molecule has 1 fully saturated rings. The molecular formula is C13H25NO3. The Kier molecular flexibility index (Phi) is 5.92. The van der Waals surface area contributed by atoms with Crippen molar-refractivity contribution in [2.45, 2.75) is 39.5 Å². The maximum absolute atomic E-state index is 11.6. The Morgan fingerprint density at radius 2 is 2.06 bits per heavy atom. The van der Waals surface area contributed by atoms with Crippen LogP contribution < -0.4 is 5.73 Å². The summed E-state index contributed by atoms with van der Waals surface area (Å²) in [7, 11) is 0. The van der Waals surface area contributed by atoms with Gasteiger partial charge in [-0.15, -0.1) is 0 Å². The van der Waals surface area contributed by atoms with E-state index < -0.39 is 0 Å². The van der Waals surface area contributed by atoms with Crippen molar-refractivity contribution in [2.75, 3.05) is 26.4 Å². The van der Waals surface area contributed by atoms with Gasteiger partial charge in [0.2, 0.25) is 0 Å². The third-order valence-corrected chi connectivity index (χ3v) is 3.31. The average molecular weight is 243 g/mol. The van der Waals surface area contributed by atoms with Crippen LogP contribution in [0, 0.1) is 11.3 Å². The van der Waals surface area contributed by atoms with Crippen molar-refractivity contribution in [1.82, 2.24) is 0 Å². The zero-order valence-corrected chi connectivity index (χ0v) is 11.0. The van der Waals surface area contributed by atoms with Gasteiger partial charge in [0.05, 0.1) is 13.0 Å². The van der Waals surface area contributed by atoms with Gasteiger partial charge < -0.3 is 15.2 Å². The predicted molar refractivity (Wildman–Crippen MR) is 66.6 cm³/mol. The quantitative estimate of drug-likeness (QED) is 0.521. The number of hydrogen-bond acceptors (Lipinski definition) is 4. The molecule has 0 aromatic carbocycles. The van der Waals surface area contributed by atoms with E-state index in [9.17, 15) is 4.79 Å². The van der Waals surface area contributed by atoms with E-state index in [4.69, 9.17) is 15.2 Å². The van der Waals surface area contributed by atoms with Crippen LogP contribution in [-0.4, -0.2) is 32.3 Å². The minimum Gasteiger partial charge on any atom is -0.463 e. The standard InChI is InChI=1S/C13H25NO3/c1-11(2)9-16-6-7-17-12(15)8-13(10-14)4-3-5-13/h11H,3-10,14H2,1-2H3. The summed E-state index contributed by atoms with van der Waals surface area (Å²) in [4.78, 5) is 11.6. The number of rotatable bonds is 8. The Morgan fingerprint density at radius 3 is 2.53 bits per heavy atom. The molecule has 0 heterocycles. The number of nitrogens with two attached hydrogens (primary N) is 1. The smallest absolute Gasteiger partial charge is 0.306 e. The molecule has 0 bridgehead atoms. The van der Waals surface area contributed by atoms with E-state index in [1.165, 1.54) is 6.42 Å². The van der Waals surface area contributed by atoms with Crippen LogP contribution in [0.25, 0.3) is 0 Å². The largest absolute Gasteiger partial charge is 0.463 e. The lowest BCUT2D eigenvalue weighted by molar-refractivity contribution is -0.149. The molecule has 0 aromatic rings. The Balaban J connectivity index is 2.05. The molecule has 0 atom stereocenters. The highest BCUT2D eigenvalue weighted by Gasteiger charge is 2.37. The van der Waals surface area contributed by atoms with Gasteiger partial charge in [0.1, 0.15) is 6.61 Å². The van der Waals surface area contributed by atoms with Crippen molar-refractivity contribution >= 4 is 5.97 Å². The van der Waals surface area contributed by atoms with Gasteiger partial charge in [-0.25, -0.2) is 0 Å². The molecule has 1 aliphatic carbocycles. The third-order valence-electron chi connectivity index (χ3n) is 3.31. The molecule has 2 N–H and O–H groups in total. The van der Waals surface area contributed by atoms with Gasteiger partial charge in [-0.3, -0.25) is 4.79 Å². The molecule has 1 saturated carbocycles. The minimum atomic E-state index is -0.136. The lowest BCUT2D eigenvalue weighted by Crippen LogP contribution is -2.39. The summed E-state index contributed by atoms with van der Waals surface area (Å²) in [5, 5.41) is 0. The first-order chi connectivity index (χ1) is 8.08. The van der Waals surface area contributed by atoms with Gasteiger partial charge in [-0.1, -0.05) is 20.3 Å². The molecule has 17 heavy (non-hydrogen) atoms. The molecule has 4 nitrogen and oxygen atoms in total. The monoisotopic (exact) mass is 243 g/mol. The van der Waals surface area contributed by atoms with Crippen molar-refractivity contribution in [3.63, 3.8) is 0 Å². The second-order valence-electron chi connectivity index (χ2n) is 5.42. The Morgan fingerprint density at radius 1 is 1.35 bits per heavy atom. The van der Waals surface area contributed by atoms with Crippen LogP contribution in [0.15, 0.2) is 0 Å². The molecule has 0 amide bonds. The van der Waals surface area contributed by atoms with Gasteiger partial charge in [-0.05, 0) is 30.7 Å². The van der Waals surface area contributed by atoms with Crippen molar-refractivity contribution in [2.24, 2.45) is 17.1 Å². The summed E-state index contributed by atoms with van der Waals surface area (Å²) in [6.45, 7) is 6.32. The summed E-state index contributed by atoms with van der Waals surface area (Å²) in [6.07, 6.45) is 3.76. The van der Waals surface area contributed by atoms with E-state index in [1.807, 2.05) is 0 Å². The summed E-state index contributed by atoms with van der Waals surface area (Å²) in [6, 6.07) is 0. The van der Waals surface area contributed by atoms with Crippen molar-refractivity contribution < 1.29 is 14.3 Å². The summed E-state index contributed by atoms with van der Waals surface area (Å²) < 4.78 is 10.5. The van der Waals surface area contributed by atoms with Gasteiger partial charge in [0, 0.05) is 6.61 Å². The fraction of sp³-hybridized carbons (Fsp3) is 0.923. The van der Waals surface area contributed by atoms with Gasteiger partial charge in [0.25, 0.3) is 0 Å². The van der Waals surface area contributed by atoms with E-state index in [1.54, 1.807) is 0 Å². The first-order valence-electron chi connectivity index (χ1n) is 6.51. The average Bonchev–Trinajstić information content (AvgIpc) is 2.22. The molecule has 100 valence electrons. The molecule has 0 spiro atoms. The summed E-state index contributed by atoms with van der Waals surface area (Å²) >= 11 is 0. The maximum Gasteiger partial charge on any atom is 0.306 e. The normalized spacial score (nSPS) is 17.9. The van der Waals surface area contributed by atoms with E-state index in [-0.39, 0.29) is 11.4 Å². The number of carbonyl (C=O) groups excluding carboxylic acids is 1. The first-order valence-corrected chi connectivity index (χ1v) is 6.51. The summed E-state index contributed by atoms with van der Waals surface area (Å²) in [5.74, 6) is 0.379. The Hall–Kier alpha value is -0.610. The van der Waals surface area contributed by atoms with Crippen molar-refractivity contribution in [3.8, 4) is 0 Å². The maximum atomic E-state index is 11.6. The predicted octanol–water partition coefficient (Wildman–Crippen LogP) is 1.72. The SMILES string of the molecule is CC(C)COCCOC(=O)CC1(CN)CCC1. The van der Waals surface area contributed by atoms with Crippen LogP contribution in [0.4, 0.5) is 0 Å². The molecule has 1 aliphatic rings. The van der Waals surface area contributed by atoms with Crippen LogP contribution >= 0.6 is 0 Å². The second-order valence-corrected chi connectivity index (χ2v) is 5.42. The topological polar surface area (TPSA) is 61.5 Å². The number of hydrogen-bond donors (Lipinski definition) is 1. The van der Waals surface area contributed by atoms with Crippen LogP contribution in [0.5, 0.6) is 0 Å². The van der Waals surface area contributed by atoms with Crippen molar-refractivity contribution in [1.29, 1.82) is 0 Å². The second kappa shape index (κ2) is 6.97. The van der Waals surface area contributed by atoms with E-state index in [2.05, 4.69) is 13.8 Å². The summed E-state index contributed by atoms with van der Waals surface area (Å²) in [5.41, 5.74) is 5.73. The molecule has 4 heteroatoms. The highest BCUT2D eigenvalue weighted by molar-refractivity contribution is 5.70. The van der Waals surface area contributed by atoms with Crippen LogP contribution in [0.3, 0.4) is 0 Å². The van der Waals surface area contributed by atoms with Gasteiger partial charge in [-0.2, -0.15) is 0 Å². The molecule has 1 rings (SSSR count). The van der Waals surface area contributed by atoms with Crippen molar-refractivity contribution in [3.05, 3.63) is 0 Å². The highest BCUT2D eigenvalue weighted by atomic mass is 16.6. The lowest BCUT2D eigenvalue weighted by Gasteiger charge is -2.40. The third kappa shape index (κ3) is 5.04. The highest BCUT2D eigenvalue weighted by Crippen LogP contribution is 2.43. The minimum absolute atomic E-state index is 0.0376. The zero-order valence-electron chi connectivity index (χ0n) is 11.0. The number of esters is 1. The van der Waals surface area contributed by atoms with E-state index in [0.29, 0.717) is 38.7 Å². The Labute approximate surface area is 104 Å². The molecule has 0 radical (unpaired) electrons. The first kappa shape index (κ1) is 14.5. The number of ether oxygens (including phenoxy) is 2. The molecule has 0 aliphatic heterocycles. The number of carbonyl (C=O) groups is 1.